The van der Waals surface area contributed by atoms with Crippen molar-refractivity contribution < 1.29 is 9.66 Å². The number of aromatic nitrogens is 3. The quantitative estimate of drug-likeness (QED) is 0.359. The maximum atomic E-state index is 10.9. The Hall–Kier alpha value is -3.29. The van der Waals surface area contributed by atoms with Crippen molar-refractivity contribution in [1.82, 2.24) is 14.6 Å². The summed E-state index contributed by atoms with van der Waals surface area (Å²) in [5.74, 6) is 0. The van der Waals surface area contributed by atoms with E-state index in [0.29, 0.717) is 17.3 Å². The fourth-order valence-corrected chi connectivity index (χ4v) is 3.24. The SMILES string of the molecule is COCc1nn2c(-c3ccc([N+](=O)[O-])cc3)ccnc2c1-c1ccc(Cl)cc1. The smallest absolute Gasteiger partial charge is 0.269 e. The molecule has 0 amide bonds. The maximum absolute atomic E-state index is 10.9. The fraction of sp³-hybridized carbons (Fsp3) is 0.100. The van der Waals surface area contributed by atoms with Crippen LogP contribution in [-0.4, -0.2) is 26.6 Å². The number of methoxy groups -OCH3 is 1. The van der Waals surface area contributed by atoms with Crippen LogP contribution < -0.4 is 0 Å². The van der Waals surface area contributed by atoms with E-state index in [1.807, 2.05) is 30.3 Å². The zero-order valence-electron chi connectivity index (χ0n) is 14.9. The molecule has 2 aromatic carbocycles. The molecule has 0 unspecified atom stereocenters. The number of halogens is 1. The molecule has 0 aliphatic rings. The van der Waals surface area contributed by atoms with Crippen LogP contribution in [0.2, 0.25) is 5.02 Å². The van der Waals surface area contributed by atoms with Crippen LogP contribution >= 0.6 is 11.6 Å². The highest BCUT2D eigenvalue weighted by Crippen LogP contribution is 2.32. The van der Waals surface area contributed by atoms with Gasteiger partial charge in [0.05, 0.1) is 28.5 Å². The molecular formula is C20H15ClN4O3. The number of nitrogens with zero attached hydrogens (tertiary/aromatic N) is 4. The van der Waals surface area contributed by atoms with Crippen LogP contribution in [0.5, 0.6) is 0 Å². The van der Waals surface area contributed by atoms with Gasteiger partial charge in [0.25, 0.3) is 5.69 Å². The minimum absolute atomic E-state index is 0.0384. The maximum Gasteiger partial charge on any atom is 0.269 e. The van der Waals surface area contributed by atoms with Crippen LogP contribution in [0.25, 0.3) is 28.0 Å². The third kappa shape index (κ3) is 3.21. The third-order valence-electron chi connectivity index (χ3n) is 4.38. The molecule has 7 nitrogen and oxygen atoms in total. The van der Waals surface area contributed by atoms with E-state index in [1.165, 1.54) is 12.1 Å². The number of rotatable bonds is 5. The number of hydrogen-bond acceptors (Lipinski definition) is 5. The van der Waals surface area contributed by atoms with Gasteiger partial charge in [-0.25, -0.2) is 9.50 Å². The molecule has 0 saturated heterocycles. The van der Waals surface area contributed by atoms with E-state index >= 15 is 0 Å². The first kappa shape index (κ1) is 18.1. The molecule has 0 fully saturated rings. The van der Waals surface area contributed by atoms with Gasteiger partial charge < -0.3 is 4.74 Å². The molecule has 0 radical (unpaired) electrons. The lowest BCUT2D eigenvalue weighted by molar-refractivity contribution is -0.384. The summed E-state index contributed by atoms with van der Waals surface area (Å²) in [7, 11) is 1.61. The fourth-order valence-electron chi connectivity index (χ4n) is 3.11. The highest BCUT2D eigenvalue weighted by atomic mass is 35.5. The van der Waals surface area contributed by atoms with Gasteiger partial charge in [0.15, 0.2) is 5.65 Å². The minimum Gasteiger partial charge on any atom is -0.378 e. The molecule has 140 valence electrons. The summed E-state index contributed by atoms with van der Waals surface area (Å²) in [5, 5.41) is 16.3. The van der Waals surface area contributed by atoms with Gasteiger partial charge in [-0.15, -0.1) is 0 Å². The number of ether oxygens (including phenoxy) is 1. The average molecular weight is 395 g/mol. The minimum atomic E-state index is -0.421. The predicted molar refractivity (Wildman–Crippen MR) is 106 cm³/mol. The van der Waals surface area contributed by atoms with Crippen molar-refractivity contribution in [3.05, 3.63) is 81.6 Å². The summed E-state index contributed by atoms with van der Waals surface area (Å²) >= 11 is 6.02. The van der Waals surface area contributed by atoms with Gasteiger partial charge in [-0.2, -0.15) is 5.10 Å². The number of benzene rings is 2. The Labute approximate surface area is 165 Å². The van der Waals surface area contributed by atoms with Gasteiger partial charge in [-0.3, -0.25) is 10.1 Å². The molecule has 0 spiro atoms. The molecule has 0 bridgehead atoms. The van der Waals surface area contributed by atoms with Crippen LogP contribution in [0.1, 0.15) is 5.69 Å². The normalized spacial score (nSPS) is 11.1. The van der Waals surface area contributed by atoms with E-state index in [4.69, 9.17) is 21.4 Å². The molecule has 4 aromatic rings. The molecule has 2 aromatic heterocycles. The number of hydrogen-bond donors (Lipinski definition) is 0. The van der Waals surface area contributed by atoms with Crippen molar-refractivity contribution in [3.63, 3.8) is 0 Å². The van der Waals surface area contributed by atoms with Crippen molar-refractivity contribution in [3.8, 4) is 22.4 Å². The molecule has 4 rings (SSSR count). The van der Waals surface area contributed by atoms with E-state index in [-0.39, 0.29) is 5.69 Å². The largest absolute Gasteiger partial charge is 0.378 e. The van der Waals surface area contributed by atoms with Crippen LogP contribution in [-0.2, 0) is 11.3 Å². The summed E-state index contributed by atoms with van der Waals surface area (Å²) in [4.78, 5) is 15.0. The van der Waals surface area contributed by atoms with Crippen molar-refractivity contribution in [2.45, 2.75) is 6.61 Å². The standard InChI is InChI=1S/C20H15ClN4O3/c1-28-12-17-19(14-2-6-15(21)7-3-14)20-22-11-10-18(24(20)23-17)13-4-8-16(9-5-13)25(26)27/h2-11H,12H2,1H3. The Morgan fingerprint density at radius 3 is 2.39 bits per heavy atom. The van der Waals surface area contributed by atoms with E-state index < -0.39 is 4.92 Å². The van der Waals surface area contributed by atoms with Crippen molar-refractivity contribution >= 4 is 22.9 Å². The summed E-state index contributed by atoms with van der Waals surface area (Å²) < 4.78 is 7.06. The summed E-state index contributed by atoms with van der Waals surface area (Å²) in [5.41, 5.74) is 4.82. The summed E-state index contributed by atoms with van der Waals surface area (Å²) in [6.45, 7) is 0.320. The summed E-state index contributed by atoms with van der Waals surface area (Å²) in [6.07, 6.45) is 1.70. The second kappa shape index (κ2) is 7.38. The van der Waals surface area contributed by atoms with E-state index in [0.717, 1.165) is 28.1 Å². The Morgan fingerprint density at radius 1 is 1.07 bits per heavy atom. The van der Waals surface area contributed by atoms with Crippen LogP contribution in [0.15, 0.2) is 60.8 Å². The third-order valence-corrected chi connectivity index (χ3v) is 4.63. The van der Waals surface area contributed by atoms with E-state index in [2.05, 4.69) is 4.98 Å². The van der Waals surface area contributed by atoms with E-state index in [1.54, 1.807) is 30.0 Å². The first-order valence-electron chi connectivity index (χ1n) is 8.45. The second-order valence-corrected chi connectivity index (χ2v) is 6.57. The molecule has 0 saturated carbocycles. The number of fused-ring (bicyclic) bond motifs is 1. The molecule has 0 N–H and O–H groups in total. The number of nitro groups is 1. The zero-order valence-corrected chi connectivity index (χ0v) is 15.6. The Morgan fingerprint density at radius 2 is 1.75 bits per heavy atom. The second-order valence-electron chi connectivity index (χ2n) is 6.13. The van der Waals surface area contributed by atoms with Gasteiger partial charge >= 0.3 is 0 Å². The highest BCUT2D eigenvalue weighted by molar-refractivity contribution is 6.30. The van der Waals surface area contributed by atoms with Crippen LogP contribution in [0.4, 0.5) is 5.69 Å². The molecule has 8 heteroatoms. The lowest BCUT2D eigenvalue weighted by Crippen LogP contribution is -1.97. The van der Waals surface area contributed by atoms with E-state index in [9.17, 15) is 10.1 Å². The highest BCUT2D eigenvalue weighted by Gasteiger charge is 2.18. The molecule has 0 atom stereocenters. The van der Waals surface area contributed by atoms with Crippen LogP contribution in [0, 0.1) is 10.1 Å². The molecule has 0 aliphatic heterocycles. The molecule has 0 aliphatic carbocycles. The predicted octanol–water partition coefficient (Wildman–Crippen LogP) is 4.77. The Bertz CT molecular complexity index is 1150. The number of non-ortho nitro benzene ring substituents is 1. The Balaban J connectivity index is 1.92. The Kier molecular flexibility index (Phi) is 4.77. The average Bonchev–Trinajstić information content (AvgIpc) is 3.07. The first-order chi connectivity index (χ1) is 13.6. The van der Waals surface area contributed by atoms with Crippen molar-refractivity contribution in [2.24, 2.45) is 0 Å². The zero-order chi connectivity index (χ0) is 19.7. The molecule has 2 heterocycles. The van der Waals surface area contributed by atoms with Crippen molar-refractivity contribution in [2.75, 3.05) is 7.11 Å². The van der Waals surface area contributed by atoms with Gasteiger partial charge in [-0.05, 0) is 35.9 Å². The molecule has 28 heavy (non-hydrogen) atoms. The summed E-state index contributed by atoms with van der Waals surface area (Å²) in [6, 6.07) is 15.6. The van der Waals surface area contributed by atoms with Crippen molar-refractivity contribution in [1.29, 1.82) is 0 Å². The van der Waals surface area contributed by atoms with Gasteiger partial charge in [0.2, 0.25) is 0 Å². The van der Waals surface area contributed by atoms with Gasteiger partial charge in [0, 0.05) is 36.0 Å². The topological polar surface area (TPSA) is 82.6 Å². The van der Waals surface area contributed by atoms with Crippen LogP contribution in [0.3, 0.4) is 0 Å². The molecular weight excluding hydrogens is 380 g/mol. The lowest BCUT2D eigenvalue weighted by Gasteiger charge is -2.05. The lowest BCUT2D eigenvalue weighted by atomic mass is 10.1. The monoisotopic (exact) mass is 394 g/mol. The number of nitro benzene ring substituents is 1. The first-order valence-corrected chi connectivity index (χ1v) is 8.82. The van der Waals surface area contributed by atoms with Gasteiger partial charge in [0.1, 0.15) is 0 Å². The van der Waals surface area contributed by atoms with Gasteiger partial charge in [-0.1, -0.05) is 23.7 Å².